The van der Waals surface area contributed by atoms with Crippen LogP contribution in [0, 0.1) is 0 Å². The predicted molar refractivity (Wildman–Crippen MR) is 147 cm³/mol. The highest BCUT2D eigenvalue weighted by atomic mass is 31.2. The Morgan fingerprint density at radius 3 is 1.32 bits per heavy atom. The van der Waals surface area contributed by atoms with E-state index in [1.165, 1.54) is 12.8 Å². The van der Waals surface area contributed by atoms with Crippen LogP contribution in [0.3, 0.4) is 0 Å². The molecule has 0 aromatic heterocycles. The maximum absolute atomic E-state index is 12.6. The van der Waals surface area contributed by atoms with Gasteiger partial charge in [0.05, 0.1) is 13.2 Å². The molecule has 0 aliphatic heterocycles. The molecule has 0 fully saturated rings. The van der Waals surface area contributed by atoms with E-state index in [-0.39, 0.29) is 24.4 Å². The molecule has 1 N–H and O–H groups in total. The molecule has 0 radical (unpaired) electrons. The van der Waals surface area contributed by atoms with Crippen LogP contribution in [-0.4, -0.2) is 42.3 Å². The van der Waals surface area contributed by atoms with Gasteiger partial charge in [-0.15, -0.1) is 0 Å². The zero-order valence-electron chi connectivity index (χ0n) is 23.6. The first-order chi connectivity index (χ1) is 17.5. The first kappa shape index (κ1) is 35.5. The fraction of sp³-hybridized carbons (Fsp3) is 0.786. The monoisotopic (exact) mass is 546 g/mol. The molecule has 0 aromatic carbocycles. The van der Waals surface area contributed by atoms with Gasteiger partial charge in [-0.25, -0.2) is 14.2 Å². The van der Waals surface area contributed by atoms with E-state index in [4.69, 9.17) is 18.5 Å². The van der Waals surface area contributed by atoms with Crippen molar-refractivity contribution in [2.75, 3.05) is 13.2 Å². The molecule has 0 amide bonds. The smallest absolute Gasteiger partial charge is 0.457 e. The second-order valence-electron chi connectivity index (χ2n) is 9.79. The van der Waals surface area contributed by atoms with Crippen molar-refractivity contribution in [3.05, 3.63) is 24.3 Å². The highest BCUT2D eigenvalue weighted by Crippen LogP contribution is 2.44. The van der Waals surface area contributed by atoms with Crippen LogP contribution in [-0.2, 0) is 32.7 Å². The molecule has 8 nitrogen and oxygen atoms in total. The molecular weight excluding hydrogens is 495 g/mol. The van der Waals surface area contributed by atoms with Crippen LogP contribution in [0.15, 0.2) is 24.3 Å². The average molecular weight is 547 g/mol. The van der Waals surface area contributed by atoms with E-state index in [0.717, 1.165) is 64.2 Å². The molecule has 0 spiro atoms. The third kappa shape index (κ3) is 20.2. The topological polar surface area (TPSA) is 108 Å². The van der Waals surface area contributed by atoms with Crippen LogP contribution in [0.4, 0.5) is 0 Å². The van der Waals surface area contributed by atoms with E-state index in [0.29, 0.717) is 12.8 Å². The van der Waals surface area contributed by atoms with Crippen molar-refractivity contribution in [3.63, 3.8) is 0 Å². The lowest BCUT2D eigenvalue weighted by Crippen LogP contribution is -2.25. The molecule has 0 saturated carbocycles. The molecule has 0 bridgehead atoms. The second kappa shape index (κ2) is 21.5. The predicted octanol–water partition coefficient (Wildman–Crippen LogP) is 7.60. The van der Waals surface area contributed by atoms with Crippen LogP contribution < -0.4 is 0 Å². The van der Waals surface area contributed by atoms with Crippen LogP contribution in [0.25, 0.3) is 0 Å². The number of phosphoric acid groups is 1. The lowest BCUT2D eigenvalue weighted by atomic mass is 10.1. The van der Waals surface area contributed by atoms with E-state index in [1.807, 2.05) is 0 Å². The Hall–Kier alpha value is -1.47. The number of carbonyl (C=O) groups excluding carboxylic acids is 2. The molecule has 0 rings (SSSR count). The minimum Gasteiger partial charge on any atom is -0.457 e. The summed E-state index contributed by atoms with van der Waals surface area (Å²) in [5.74, 6) is -1.14. The van der Waals surface area contributed by atoms with Gasteiger partial charge in [0.1, 0.15) is 12.2 Å². The maximum Gasteiger partial charge on any atom is 0.472 e. The summed E-state index contributed by atoms with van der Waals surface area (Å²) in [5.41, 5.74) is 0.487. The first-order valence-corrected chi connectivity index (χ1v) is 15.4. The van der Waals surface area contributed by atoms with Crippen LogP contribution >= 0.6 is 7.82 Å². The minimum absolute atomic E-state index is 0.244. The molecule has 37 heavy (non-hydrogen) atoms. The summed E-state index contributed by atoms with van der Waals surface area (Å²) in [7, 11) is -4.47. The highest BCUT2D eigenvalue weighted by Gasteiger charge is 2.27. The number of phosphoric ester groups is 1. The van der Waals surface area contributed by atoms with Crippen molar-refractivity contribution < 1.29 is 37.6 Å². The molecule has 0 aliphatic rings. The minimum atomic E-state index is -4.47. The van der Waals surface area contributed by atoms with Gasteiger partial charge < -0.3 is 14.4 Å². The Balaban J connectivity index is 4.84. The van der Waals surface area contributed by atoms with Gasteiger partial charge in [0.2, 0.25) is 0 Å². The molecule has 2 atom stereocenters. The number of rotatable bonds is 24. The first-order valence-electron chi connectivity index (χ1n) is 13.9. The zero-order valence-corrected chi connectivity index (χ0v) is 24.5. The summed E-state index contributed by atoms with van der Waals surface area (Å²) < 4.78 is 33.7. The SMILES string of the molecule is C=C(C)C(=O)OC(CCCCCCCC)COP(=O)(O)OCC(CCCCCCCC)OC(=O)C(=C)C. The molecule has 0 aromatic rings. The van der Waals surface area contributed by atoms with Crippen molar-refractivity contribution in [3.8, 4) is 0 Å². The fourth-order valence-corrected chi connectivity index (χ4v) is 4.34. The number of esters is 2. The Morgan fingerprint density at radius 2 is 1.00 bits per heavy atom. The van der Waals surface area contributed by atoms with E-state index >= 15 is 0 Å². The van der Waals surface area contributed by atoms with E-state index in [2.05, 4.69) is 27.0 Å². The van der Waals surface area contributed by atoms with Crippen molar-refractivity contribution in [2.24, 2.45) is 0 Å². The summed E-state index contributed by atoms with van der Waals surface area (Å²) in [5, 5.41) is 0. The Labute approximate surface area is 224 Å². The Bertz CT molecular complexity index is 665. The van der Waals surface area contributed by atoms with Crippen LogP contribution in [0.1, 0.15) is 118 Å². The van der Waals surface area contributed by atoms with Crippen molar-refractivity contribution in [2.45, 2.75) is 130 Å². The molecule has 2 unspecified atom stereocenters. The van der Waals surface area contributed by atoms with Gasteiger partial charge in [0, 0.05) is 11.1 Å². The van der Waals surface area contributed by atoms with Crippen LogP contribution in [0.5, 0.6) is 0 Å². The summed E-state index contributed by atoms with van der Waals surface area (Å²) >= 11 is 0. The number of hydrogen-bond donors (Lipinski definition) is 1. The fourth-order valence-electron chi connectivity index (χ4n) is 3.55. The van der Waals surface area contributed by atoms with Gasteiger partial charge >= 0.3 is 19.8 Å². The molecule has 9 heteroatoms. The number of unbranched alkanes of at least 4 members (excludes halogenated alkanes) is 10. The molecule has 216 valence electrons. The van der Waals surface area contributed by atoms with Crippen molar-refractivity contribution in [1.82, 2.24) is 0 Å². The molecule has 0 saturated heterocycles. The highest BCUT2D eigenvalue weighted by molar-refractivity contribution is 7.47. The summed E-state index contributed by atoms with van der Waals surface area (Å²) in [6.45, 7) is 14.0. The van der Waals surface area contributed by atoms with Gasteiger partial charge in [-0.05, 0) is 39.5 Å². The normalized spacial score (nSPS) is 14.4. The summed E-state index contributed by atoms with van der Waals surface area (Å²) in [4.78, 5) is 34.3. The van der Waals surface area contributed by atoms with Gasteiger partial charge in [-0.2, -0.15) is 0 Å². The number of hydrogen-bond acceptors (Lipinski definition) is 7. The number of carbonyl (C=O) groups is 2. The van der Waals surface area contributed by atoms with E-state index in [9.17, 15) is 19.0 Å². The van der Waals surface area contributed by atoms with Gasteiger partial charge in [-0.3, -0.25) is 9.05 Å². The van der Waals surface area contributed by atoms with Crippen molar-refractivity contribution in [1.29, 1.82) is 0 Å². The largest absolute Gasteiger partial charge is 0.472 e. The van der Waals surface area contributed by atoms with Crippen molar-refractivity contribution >= 4 is 19.8 Å². The molecule has 0 heterocycles. The van der Waals surface area contributed by atoms with E-state index < -0.39 is 32.0 Å². The van der Waals surface area contributed by atoms with Crippen LogP contribution in [0.2, 0.25) is 0 Å². The van der Waals surface area contributed by atoms with Gasteiger partial charge in [-0.1, -0.05) is 91.2 Å². The summed E-state index contributed by atoms with van der Waals surface area (Å²) in [6, 6.07) is 0. The summed E-state index contributed by atoms with van der Waals surface area (Å²) in [6.07, 6.45) is 12.3. The lowest BCUT2D eigenvalue weighted by Gasteiger charge is -2.22. The second-order valence-corrected chi connectivity index (χ2v) is 11.2. The van der Waals surface area contributed by atoms with E-state index in [1.54, 1.807) is 13.8 Å². The quantitative estimate of drug-likeness (QED) is 0.0571. The third-order valence-electron chi connectivity index (χ3n) is 5.85. The Kier molecular flexibility index (Phi) is 20.6. The lowest BCUT2D eigenvalue weighted by molar-refractivity contribution is -0.146. The Morgan fingerprint density at radius 1 is 0.676 bits per heavy atom. The molecule has 0 aliphatic carbocycles. The zero-order chi connectivity index (χ0) is 28.1. The standard InChI is InChI=1S/C28H51O8P/c1-7-9-11-13-15-17-19-25(35-27(29)23(3)4)21-33-37(31,32)34-22-26(36-28(30)24(5)6)20-18-16-14-12-10-8-2/h25-26H,3,5,7-22H2,1-2,4,6H3,(H,31,32). The van der Waals surface area contributed by atoms with Gasteiger partial charge in [0.15, 0.2) is 0 Å². The average Bonchev–Trinajstić information content (AvgIpc) is 2.84. The maximum atomic E-state index is 12.6. The third-order valence-corrected chi connectivity index (χ3v) is 6.80. The molecular formula is C28H51O8P. The van der Waals surface area contributed by atoms with Gasteiger partial charge in [0.25, 0.3) is 0 Å². The number of ether oxygens (including phenoxy) is 2.